The zero-order valence-corrected chi connectivity index (χ0v) is 16.4. The first-order chi connectivity index (χ1) is 11.8. The van der Waals surface area contributed by atoms with Crippen LogP contribution in [0.1, 0.15) is 32.3 Å². The van der Waals surface area contributed by atoms with Gasteiger partial charge in [0, 0.05) is 29.7 Å². The van der Waals surface area contributed by atoms with Crippen molar-refractivity contribution in [3.63, 3.8) is 0 Å². The summed E-state index contributed by atoms with van der Waals surface area (Å²) >= 11 is 3.44. The Morgan fingerprint density at radius 3 is 2.76 bits per heavy atom. The minimum absolute atomic E-state index is 0.0787. The lowest BCUT2D eigenvalue weighted by Gasteiger charge is -2.19. The van der Waals surface area contributed by atoms with Gasteiger partial charge in [-0.15, -0.1) is 0 Å². The van der Waals surface area contributed by atoms with Gasteiger partial charge in [-0.1, -0.05) is 22.9 Å². The first-order valence-corrected chi connectivity index (χ1v) is 9.27. The highest BCUT2D eigenvalue weighted by Gasteiger charge is 2.36. The van der Waals surface area contributed by atoms with Crippen LogP contribution >= 0.6 is 15.9 Å². The van der Waals surface area contributed by atoms with Crippen LogP contribution in [0.4, 0.5) is 5.69 Å². The summed E-state index contributed by atoms with van der Waals surface area (Å²) in [5.41, 5.74) is 1.81. The number of nitrogens with one attached hydrogen (secondary N) is 2. The standard InChI is InChI=1S/C18H24BrN3O3/c1-4-7-20-17(24)12(3)21-18(25)13-9-16(23)22(10-13)14-5-6-15(19)11(2)8-14/h5-6,8,12-13H,4,7,9-10H2,1-3H3,(H,20,24)(H,21,25). The lowest BCUT2D eigenvalue weighted by Crippen LogP contribution is -2.47. The largest absolute Gasteiger partial charge is 0.354 e. The molecule has 1 aromatic carbocycles. The van der Waals surface area contributed by atoms with Crippen LogP contribution in [0.5, 0.6) is 0 Å². The van der Waals surface area contributed by atoms with Gasteiger partial charge in [-0.25, -0.2) is 0 Å². The molecule has 1 aliphatic heterocycles. The number of amides is 3. The molecule has 2 unspecified atom stereocenters. The van der Waals surface area contributed by atoms with Crippen molar-refractivity contribution in [2.75, 3.05) is 18.0 Å². The molecule has 1 fully saturated rings. The molecule has 1 aliphatic rings. The fourth-order valence-corrected chi connectivity index (χ4v) is 2.97. The molecule has 1 aromatic rings. The molecule has 0 radical (unpaired) electrons. The average Bonchev–Trinajstić information content (AvgIpc) is 2.97. The molecule has 3 amide bonds. The van der Waals surface area contributed by atoms with E-state index in [9.17, 15) is 14.4 Å². The minimum Gasteiger partial charge on any atom is -0.354 e. The molecule has 0 aliphatic carbocycles. The maximum absolute atomic E-state index is 12.4. The third kappa shape index (κ3) is 4.81. The number of hydrogen-bond donors (Lipinski definition) is 2. The van der Waals surface area contributed by atoms with Crippen LogP contribution in [-0.4, -0.2) is 36.9 Å². The van der Waals surface area contributed by atoms with Crippen molar-refractivity contribution in [2.45, 2.75) is 39.7 Å². The van der Waals surface area contributed by atoms with E-state index in [-0.39, 0.29) is 24.1 Å². The number of carbonyl (C=O) groups is 3. The second-order valence-corrected chi connectivity index (χ2v) is 7.21. The summed E-state index contributed by atoms with van der Waals surface area (Å²) in [7, 11) is 0. The fraction of sp³-hybridized carbons (Fsp3) is 0.500. The number of rotatable bonds is 6. The van der Waals surface area contributed by atoms with Crippen molar-refractivity contribution in [1.29, 1.82) is 0 Å². The Labute approximate surface area is 156 Å². The van der Waals surface area contributed by atoms with E-state index in [0.29, 0.717) is 13.1 Å². The molecule has 25 heavy (non-hydrogen) atoms. The molecule has 7 heteroatoms. The van der Waals surface area contributed by atoms with Crippen molar-refractivity contribution in [3.8, 4) is 0 Å². The van der Waals surface area contributed by atoms with Gasteiger partial charge in [-0.2, -0.15) is 0 Å². The van der Waals surface area contributed by atoms with Crippen LogP contribution in [0.3, 0.4) is 0 Å². The molecule has 2 rings (SSSR count). The summed E-state index contributed by atoms with van der Waals surface area (Å²) in [4.78, 5) is 38.2. The molecule has 136 valence electrons. The molecule has 0 aromatic heterocycles. The van der Waals surface area contributed by atoms with E-state index in [2.05, 4.69) is 26.6 Å². The Bertz CT molecular complexity index is 678. The zero-order valence-electron chi connectivity index (χ0n) is 14.8. The van der Waals surface area contributed by atoms with Gasteiger partial charge in [0.2, 0.25) is 17.7 Å². The van der Waals surface area contributed by atoms with Gasteiger partial charge in [0.15, 0.2) is 0 Å². The van der Waals surface area contributed by atoms with Gasteiger partial charge in [-0.3, -0.25) is 14.4 Å². The number of benzene rings is 1. The van der Waals surface area contributed by atoms with Gasteiger partial charge in [-0.05, 0) is 44.0 Å². The third-order valence-electron chi connectivity index (χ3n) is 4.25. The minimum atomic E-state index is -0.613. The van der Waals surface area contributed by atoms with Crippen molar-refractivity contribution >= 4 is 39.3 Å². The van der Waals surface area contributed by atoms with Crippen molar-refractivity contribution in [1.82, 2.24) is 10.6 Å². The van der Waals surface area contributed by atoms with Crippen molar-refractivity contribution in [3.05, 3.63) is 28.2 Å². The molecule has 1 heterocycles. The van der Waals surface area contributed by atoms with Gasteiger partial charge >= 0.3 is 0 Å². The molecular weight excluding hydrogens is 386 g/mol. The highest BCUT2D eigenvalue weighted by Crippen LogP contribution is 2.28. The predicted octanol–water partition coefficient (Wildman–Crippen LogP) is 2.14. The van der Waals surface area contributed by atoms with E-state index < -0.39 is 12.0 Å². The first-order valence-electron chi connectivity index (χ1n) is 8.48. The molecule has 2 N–H and O–H groups in total. The molecule has 0 spiro atoms. The molecule has 2 atom stereocenters. The highest BCUT2D eigenvalue weighted by molar-refractivity contribution is 9.10. The van der Waals surface area contributed by atoms with Crippen molar-refractivity contribution < 1.29 is 14.4 Å². The average molecular weight is 410 g/mol. The topological polar surface area (TPSA) is 78.5 Å². The number of aryl methyl sites for hydroxylation is 1. The number of carbonyl (C=O) groups excluding carboxylic acids is 3. The summed E-state index contributed by atoms with van der Waals surface area (Å²) in [6.07, 6.45) is 0.995. The van der Waals surface area contributed by atoms with E-state index in [1.807, 2.05) is 32.0 Å². The molecule has 0 bridgehead atoms. The van der Waals surface area contributed by atoms with E-state index in [1.54, 1.807) is 11.8 Å². The summed E-state index contributed by atoms with van der Waals surface area (Å²) in [5, 5.41) is 5.45. The van der Waals surface area contributed by atoms with Crippen LogP contribution in [0, 0.1) is 12.8 Å². The zero-order chi connectivity index (χ0) is 18.6. The molecule has 0 saturated carbocycles. The fourth-order valence-electron chi connectivity index (χ4n) is 2.73. The number of anilines is 1. The van der Waals surface area contributed by atoms with E-state index >= 15 is 0 Å². The van der Waals surface area contributed by atoms with Gasteiger partial charge in [0.25, 0.3) is 0 Å². The summed E-state index contributed by atoms with van der Waals surface area (Å²) in [6.45, 7) is 6.48. The lowest BCUT2D eigenvalue weighted by atomic mass is 10.1. The second kappa shape index (κ2) is 8.47. The van der Waals surface area contributed by atoms with Crippen LogP contribution in [0.15, 0.2) is 22.7 Å². The second-order valence-electron chi connectivity index (χ2n) is 6.36. The van der Waals surface area contributed by atoms with Crippen LogP contribution in [0.25, 0.3) is 0 Å². The Balaban J connectivity index is 1.98. The third-order valence-corrected chi connectivity index (χ3v) is 5.14. The Morgan fingerprint density at radius 2 is 2.12 bits per heavy atom. The first kappa shape index (κ1) is 19.4. The van der Waals surface area contributed by atoms with Crippen molar-refractivity contribution in [2.24, 2.45) is 5.92 Å². The monoisotopic (exact) mass is 409 g/mol. The summed E-state index contributed by atoms with van der Waals surface area (Å²) < 4.78 is 0.976. The highest BCUT2D eigenvalue weighted by atomic mass is 79.9. The van der Waals surface area contributed by atoms with Gasteiger partial charge < -0.3 is 15.5 Å². The van der Waals surface area contributed by atoms with E-state index in [1.165, 1.54) is 0 Å². The number of nitrogens with zero attached hydrogens (tertiary/aromatic N) is 1. The number of hydrogen-bond acceptors (Lipinski definition) is 3. The molecule has 1 saturated heterocycles. The van der Waals surface area contributed by atoms with Gasteiger partial charge in [0.1, 0.15) is 6.04 Å². The number of halogens is 1. The van der Waals surface area contributed by atoms with Crippen LogP contribution < -0.4 is 15.5 Å². The van der Waals surface area contributed by atoms with Gasteiger partial charge in [0.05, 0.1) is 5.92 Å². The Morgan fingerprint density at radius 1 is 1.40 bits per heavy atom. The van der Waals surface area contributed by atoms with E-state index in [4.69, 9.17) is 0 Å². The molecule has 6 nitrogen and oxygen atoms in total. The normalized spacial score (nSPS) is 18.2. The maximum atomic E-state index is 12.4. The lowest BCUT2D eigenvalue weighted by molar-refractivity contribution is -0.130. The van der Waals surface area contributed by atoms with Crippen LogP contribution in [-0.2, 0) is 14.4 Å². The Hall–Kier alpha value is -1.89. The summed E-state index contributed by atoms with van der Waals surface area (Å²) in [5.74, 6) is -0.994. The Kier molecular flexibility index (Phi) is 6.58. The maximum Gasteiger partial charge on any atom is 0.242 e. The predicted molar refractivity (Wildman–Crippen MR) is 100 cm³/mol. The quantitative estimate of drug-likeness (QED) is 0.755. The SMILES string of the molecule is CCCNC(=O)C(C)NC(=O)C1CC(=O)N(c2ccc(Br)c(C)c2)C1. The summed E-state index contributed by atoms with van der Waals surface area (Å²) in [6, 6.07) is 5.06. The molecular formula is C18H24BrN3O3. The smallest absolute Gasteiger partial charge is 0.242 e. The van der Waals surface area contributed by atoms with Crippen LogP contribution in [0.2, 0.25) is 0 Å². The van der Waals surface area contributed by atoms with E-state index in [0.717, 1.165) is 22.1 Å².